The van der Waals surface area contributed by atoms with Gasteiger partial charge in [0, 0.05) is 6.54 Å². The van der Waals surface area contributed by atoms with Crippen LogP contribution in [-0.4, -0.2) is 17.7 Å². The molecule has 1 amide bonds. The van der Waals surface area contributed by atoms with Gasteiger partial charge >= 0.3 is 6.09 Å². The predicted octanol–water partition coefficient (Wildman–Crippen LogP) is 7.31. The Hall–Kier alpha value is -0.730. The molecule has 0 aliphatic rings. The molecule has 0 saturated carbocycles. The summed E-state index contributed by atoms with van der Waals surface area (Å²) < 4.78 is 0. The second-order valence-corrected chi connectivity index (χ2v) is 7.17. The van der Waals surface area contributed by atoms with Crippen molar-refractivity contribution in [3.05, 3.63) is 0 Å². The van der Waals surface area contributed by atoms with Crippen molar-refractivity contribution < 1.29 is 9.90 Å². The van der Waals surface area contributed by atoms with Crippen LogP contribution in [0.3, 0.4) is 0 Å². The molecule has 0 bridgehead atoms. The quantitative estimate of drug-likeness (QED) is 0.251. The smallest absolute Gasteiger partial charge is 0.426 e. The summed E-state index contributed by atoms with van der Waals surface area (Å²) in [6.45, 7) is 2.76. The summed E-state index contributed by atoms with van der Waals surface area (Å²) in [5.41, 5.74) is 0. The Morgan fingerprint density at radius 1 is 0.583 bits per heavy atom. The largest absolute Gasteiger partial charge is 0.464 e. The maximum absolute atomic E-state index is 10.2. The standard InChI is InChI=1S/C21H42NO2/c1-2-3-4-5-6-7-8-9-10-11-12-13-14-15-16-17-18-19-20-22-21(23)24/h2-20H2,1H3,(H,23,24). The molecule has 0 atom stereocenters. The highest BCUT2D eigenvalue weighted by molar-refractivity contribution is 5.63. The van der Waals surface area contributed by atoms with E-state index in [9.17, 15) is 4.79 Å². The van der Waals surface area contributed by atoms with E-state index in [4.69, 9.17) is 5.11 Å². The molecule has 143 valence electrons. The minimum absolute atomic E-state index is 0.480. The molecule has 24 heavy (non-hydrogen) atoms. The van der Waals surface area contributed by atoms with Gasteiger partial charge in [-0.05, 0) is 6.42 Å². The Morgan fingerprint density at radius 3 is 1.17 bits per heavy atom. The number of nitrogens with zero attached hydrogens (tertiary/aromatic N) is 1. The summed E-state index contributed by atoms with van der Waals surface area (Å²) in [6.07, 6.45) is 23.3. The number of rotatable bonds is 19. The Labute approximate surface area is 151 Å². The Morgan fingerprint density at radius 2 is 0.875 bits per heavy atom. The normalized spacial score (nSPS) is 10.9. The summed E-state index contributed by atoms with van der Waals surface area (Å²) in [5, 5.41) is 11.8. The summed E-state index contributed by atoms with van der Waals surface area (Å²) in [5.74, 6) is 0. The average molecular weight is 341 g/mol. The van der Waals surface area contributed by atoms with Crippen LogP contribution in [0.2, 0.25) is 0 Å². The van der Waals surface area contributed by atoms with Crippen LogP contribution >= 0.6 is 0 Å². The molecule has 0 aromatic heterocycles. The zero-order valence-corrected chi connectivity index (χ0v) is 16.2. The Bertz CT molecular complexity index is 256. The molecule has 0 aliphatic carbocycles. The van der Waals surface area contributed by atoms with Crippen LogP contribution in [0.25, 0.3) is 0 Å². The van der Waals surface area contributed by atoms with E-state index in [1.807, 2.05) is 0 Å². The van der Waals surface area contributed by atoms with Crippen LogP contribution in [0, 0.1) is 0 Å². The lowest BCUT2D eigenvalue weighted by Gasteiger charge is -2.03. The second-order valence-electron chi connectivity index (χ2n) is 7.17. The van der Waals surface area contributed by atoms with Crippen molar-refractivity contribution in [1.82, 2.24) is 5.32 Å². The van der Waals surface area contributed by atoms with Crippen LogP contribution < -0.4 is 5.32 Å². The van der Waals surface area contributed by atoms with Gasteiger partial charge in [-0.25, -0.2) is 10.1 Å². The molecule has 3 heteroatoms. The lowest BCUT2D eigenvalue weighted by atomic mass is 10.0. The van der Waals surface area contributed by atoms with Crippen molar-refractivity contribution in [3.63, 3.8) is 0 Å². The molecule has 0 rings (SSSR count). The van der Waals surface area contributed by atoms with E-state index in [1.165, 1.54) is 103 Å². The third-order valence-corrected chi connectivity index (χ3v) is 4.76. The SMILES string of the molecule is CCCCCCCCCCCCCCCCCCCC[N]C(=O)O. The third-order valence-electron chi connectivity index (χ3n) is 4.76. The van der Waals surface area contributed by atoms with E-state index >= 15 is 0 Å². The monoisotopic (exact) mass is 340 g/mol. The molecule has 0 aromatic rings. The molecule has 0 saturated heterocycles. The maximum Gasteiger partial charge on any atom is 0.426 e. The zero-order chi connectivity index (χ0) is 17.7. The summed E-state index contributed by atoms with van der Waals surface area (Å²) in [4.78, 5) is 10.2. The molecule has 0 aromatic carbocycles. The van der Waals surface area contributed by atoms with E-state index in [0.717, 1.165) is 12.8 Å². The molecule has 0 unspecified atom stereocenters. The first kappa shape index (κ1) is 23.3. The van der Waals surface area contributed by atoms with Crippen LogP contribution in [0.4, 0.5) is 4.79 Å². The topological polar surface area (TPSA) is 51.4 Å². The van der Waals surface area contributed by atoms with Crippen molar-refractivity contribution in [1.29, 1.82) is 0 Å². The fourth-order valence-electron chi connectivity index (χ4n) is 3.19. The second kappa shape index (κ2) is 20.3. The van der Waals surface area contributed by atoms with E-state index < -0.39 is 6.09 Å². The van der Waals surface area contributed by atoms with Gasteiger partial charge in [-0.1, -0.05) is 116 Å². The Balaban J connectivity index is 2.97. The van der Waals surface area contributed by atoms with Gasteiger partial charge in [0.25, 0.3) is 0 Å². The molecule has 1 radical (unpaired) electrons. The van der Waals surface area contributed by atoms with Crippen molar-refractivity contribution in [2.24, 2.45) is 0 Å². The number of hydrogen-bond acceptors (Lipinski definition) is 1. The van der Waals surface area contributed by atoms with Crippen molar-refractivity contribution >= 4 is 6.09 Å². The molecular formula is C21H42NO2. The van der Waals surface area contributed by atoms with Gasteiger partial charge in [0.15, 0.2) is 0 Å². The van der Waals surface area contributed by atoms with Crippen molar-refractivity contribution in [3.8, 4) is 0 Å². The highest BCUT2D eigenvalue weighted by Crippen LogP contribution is 2.14. The first-order chi connectivity index (χ1) is 11.8. The predicted molar refractivity (Wildman–Crippen MR) is 104 cm³/mol. The van der Waals surface area contributed by atoms with Gasteiger partial charge in [-0.15, -0.1) is 0 Å². The summed E-state index contributed by atoms with van der Waals surface area (Å²) in [6, 6.07) is 0. The molecule has 0 fully saturated rings. The highest BCUT2D eigenvalue weighted by atomic mass is 16.4. The van der Waals surface area contributed by atoms with E-state index in [1.54, 1.807) is 0 Å². The van der Waals surface area contributed by atoms with Crippen LogP contribution in [0.1, 0.15) is 122 Å². The molecule has 3 nitrogen and oxygen atoms in total. The number of amides is 1. The van der Waals surface area contributed by atoms with Gasteiger partial charge in [0.2, 0.25) is 0 Å². The van der Waals surface area contributed by atoms with Crippen molar-refractivity contribution in [2.45, 2.75) is 122 Å². The van der Waals surface area contributed by atoms with Gasteiger partial charge in [0.05, 0.1) is 0 Å². The first-order valence-corrected chi connectivity index (χ1v) is 10.7. The highest BCUT2D eigenvalue weighted by Gasteiger charge is 1.97. The summed E-state index contributed by atoms with van der Waals surface area (Å²) in [7, 11) is 0. The zero-order valence-electron chi connectivity index (χ0n) is 16.2. The summed E-state index contributed by atoms with van der Waals surface area (Å²) >= 11 is 0. The maximum atomic E-state index is 10.2. The van der Waals surface area contributed by atoms with E-state index in [-0.39, 0.29) is 0 Å². The molecule has 0 spiro atoms. The lowest BCUT2D eigenvalue weighted by molar-refractivity contribution is 0.193. The van der Waals surface area contributed by atoms with Gasteiger partial charge in [-0.3, -0.25) is 0 Å². The molecule has 0 aliphatic heterocycles. The number of unbranched alkanes of at least 4 members (excludes halogenated alkanes) is 17. The first-order valence-electron chi connectivity index (χ1n) is 10.7. The van der Waals surface area contributed by atoms with Gasteiger partial charge in [0.1, 0.15) is 0 Å². The average Bonchev–Trinajstić information content (AvgIpc) is 2.56. The Kier molecular flexibility index (Phi) is 19.7. The lowest BCUT2D eigenvalue weighted by Crippen LogP contribution is -2.13. The van der Waals surface area contributed by atoms with Crippen LogP contribution in [0.5, 0.6) is 0 Å². The fourth-order valence-corrected chi connectivity index (χ4v) is 3.19. The van der Waals surface area contributed by atoms with Crippen LogP contribution in [-0.2, 0) is 0 Å². The van der Waals surface area contributed by atoms with E-state index in [0.29, 0.717) is 6.54 Å². The number of hydrogen-bond donors (Lipinski definition) is 1. The number of carboxylic acid groups (broad SMARTS) is 1. The number of carbonyl (C=O) groups is 1. The van der Waals surface area contributed by atoms with Gasteiger partial charge < -0.3 is 5.11 Å². The fraction of sp³-hybridized carbons (Fsp3) is 0.952. The third kappa shape index (κ3) is 21.3. The molecule has 0 heterocycles. The molecule has 1 N–H and O–H groups in total. The molecular weight excluding hydrogens is 298 g/mol. The minimum atomic E-state index is -1.03. The van der Waals surface area contributed by atoms with Gasteiger partial charge in [-0.2, -0.15) is 0 Å². The van der Waals surface area contributed by atoms with E-state index in [2.05, 4.69) is 12.2 Å². The minimum Gasteiger partial charge on any atom is -0.464 e. The van der Waals surface area contributed by atoms with Crippen molar-refractivity contribution in [2.75, 3.05) is 6.54 Å². The van der Waals surface area contributed by atoms with Crippen LogP contribution in [0.15, 0.2) is 0 Å².